The van der Waals surface area contributed by atoms with E-state index in [0.29, 0.717) is 25.3 Å². The van der Waals surface area contributed by atoms with Crippen LogP contribution in [0.3, 0.4) is 0 Å². The average molecular weight is 206 g/mol. The van der Waals surface area contributed by atoms with E-state index >= 15 is 0 Å². The van der Waals surface area contributed by atoms with Crippen molar-refractivity contribution < 1.29 is 9.53 Å². The van der Waals surface area contributed by atoms with E-state index in [1.54, 1.807) is 0 Å². The molecule has 15 heavy (non-hydrogen) atoms. The van der Waals surface area contributed by atoms with E-state index in [2.05, 4.69) is 10.5 Å². The molecule has 4 nitrogen and oxygen atoms in total. The lowest BCUT2D eigenvalue weighted by atomic mass is 10.1. The van der Waals surface area contributed by atoms with Crippen LogP contribution in [0.25, 0.3) is 0 Å². The zero-order chi connectivity index (χ0) is 10.9. The lowest BCUT2D eigenvalue weighted by Crippen LogP contribution is -2.14. The van der Waals surface area contributed by atoms with E-state index in [-0.39, 0.29) is 0 Å². The summed E-state index contributed by atoms with van der Waals surface area (Å²) in [6.45, 7) is 2.41. The molecular formula is C11H14N2O2. The fraction of sp³-hybridized carbons (Fsp3) is 0.273. The number of ether oxygens (including phenoxy) is 1. The van der Waals surface area contributed by atoms with Gasteiger partial charge in [0.25, 0.3) is 0 Å². The van der Waals surface area contributed by atoms with E-state index in [1.165, 1.54) is 0 Å². The highest BCUT2D eigenvalue weighted by Crippen LogP contribution is 2.01. The van der Waals surface area contributed by atoms with E-state index in [4.69, 9.17) is 4.74 Å². The van der Waals surface area contributed by atoms with Gasteiger partial charge in [0.1, 0.15) is 0 Å². The minimum absolute atomic E-state index is 0.510. The Labute approximate surface area is 88.9 Å². The Hall–Kier alpha value is -1.84. The summed E-state index contributed by atoms with van der Waals surface area (Å²) < 4.78 is 5.28. The third-order valence-electron chi connectivity index (χ3n) is 1.75. The van der Waals surface area contributed by atoms with Gasteiger partial charge in [0.05, 0.1) is 13.0 Å². The molecule has 1 rings (SSSR count). The highest BCUT2D eigenvalue weighted by molar-refractivity contribution is 5.79. The summed E-state index contributed by atoms with van der Waals surface area (Å²) in [6, 6.07) is 9.81. The first-order valence-electron chi connectivity index (χ1n) is 4.79. The van der Waals surface area contributed by atoms with Gasteiger partial charge in [0, 0.05) is 0 Å². The Morgan fingerprint density at radius 2 is 2.20 bits per heavy atom. The molecule has 1 aromatic carbocycles. The Balaban J connectivity index is 2.62. The molecule has 0 aromatic heterocycles. The van der Waals surface area contributed by atoms with Gasteiger partial charge in [-0.3, -0.25) is 4.79 Å². The van der Waals surface area contributed by atoms with Crippen LogP contribution in [0.1, 0.15) is 12.5 Å². The quantitative estimate of drug-likeness (QED) is 0.342. The van der Waals surface area contributed by atoms with Crippen molar-refractivity contribution in [1.29, 1.82) is 0 Å². The molecule has 1 N–H and O–H groups in total. The molecule has 0 radical (unpaired) electrons. The predicted octanol–water partition coefficient (Wildman–Crippen LogP) is 1.33. The number of nitrogens with one attached hydrogen (secondary N) is 1. The van der Waals surface area contributed by atoms with Crippen molar-refractivity contribution in [1.82, 2.24) is 5.43 Å². The van der Waals surface area contributed by atoms with Crippen LogP contribution in [0.15, 0.2) is 35.4 Å². The number of benzene rings is 1. The monoisotopic (exact) mass is 206 g/mol. The molecule has 0 saturated carbocycles. The summed E-state index contributed by atoms with van der Waals surface area (Å²) in [4.78, 5) is 10.1. The topological polar surface area (TPSA) is 50.7 Å². The second-order valence-corrected chi connectivity index (χ2v) is 2.85. The van der Waals surface area contributed by atoms with Crippen LogP contribution in [0.5, 0.6) is 0 Å². The molecule has 4 heteroatoms. The van der Waals surface area contributed by atoms with Crippen molar-refractivity contribution in [2.24, 2.45) is 5.10 Å². The third kappa shape index (κ3) is 4.26. The van der Waals surface area contributed by atoms with Gasteiger partial charge in [-0.25, -0.2) is 5.43 Å². The first-order chi connectivity index (χ1) is 7.36. The molecule has 1 aromatic rings. The van der Waals surface area contributed by atoms with Crippen molar-refractivity contribution in [3.8, 4) is 0 Å². The molecule has 0 unspecified atom stereocenters. The zero-order valence-corrected chi connectivity index (χ0v) is 8.64. The van der Waals surface area contributed by atoms with Gasteiger partial charge in [-0.15, -0.1) is 5.10 Å². The molecule has 0 saturated heterocycles. The molecule has 0 spiro atoms. The van der Waals surface area contributed by atoms with Crippen LogP contribution in [-0.2, 0) is 16.0 Å². The van der Waals surface area contributed by atoms with Gasteiger partial charge in [-0.2, -0.15) is 0 Å². The standard InChI is InChI=1S/C11H14N2O2/c1-2-15-11(13-12-9-14)8-10-6-4-3-5-7-10/h3-7,9H,2,8H2,1H3,(H,12,14)/b13-11-. The molecule has 0 aliphatic heterocycles. The second kappa shape index (κ2) is 6.59. The van der Waals surface area contributed by atoms with Crippen molar-refractivity contribution in [3.63, 3.8) is 0 Å². The highest BCUT2D eigenvalue weighted by atomic mass is 16.5. The average Bonchev–Trinajstić information content (AvgIpc) is 2.28. The summed E-state index contributed by atoms with van der Waals surface area (Å²) in [5.74, 6) is 0.510. The number of nitrogens with zero attached hydrogens (tertiary/aromatic N) is 1. The van der Waals surface area contributed by atoms with E-state index in [9.17, 15) is 4.79 Å². The Bertz CT molecular complexity index is 323. The number of hydrogen-bond donors (Lipinski definition) is 1. The van der Waals surface area contributed by atoms with Gasteiger partial charge in [-0.1, -0.05) is 30.3 Å². The molecule has 0 aliphatic carbocycles. The fourth-order valence-electron chi connectivity index (χ4n) is 1.16. The molecular weight excluding hydrogens is 192 g/mol. The maximum atomic E-state index is 10.1. The number of amides is 1. The van der Waals surface area contributed by atoms with E-state index < -0.39 is 0 Å². The minimum Gasteiger partial charge on any atom is -0.480 e. The lowest BCUT2D eigenvalue weighted by Gasteiger charge is -2.06. The van der Waals surface area contributed by atoms with Crippen LogP contribution in [0.2, 0.25) is 0 Å². The second-order valence-electron chi connectivity index (χ2n) is 2.85. The normalized spacial score (nSPS) is 10.9. The zero-order valence-electron chi connectivity index (χ0n) is 8.64. The Kier molecular flexibility index (Phi) is 4.94. The van der Waals surface area contributed by atoms with Gasteiger partial charge >= 0.3 is 0 Å². The summed E-state index contributed by atoms with van der Waals surface area (Å²) >= 11 is 0. The van der Waals surface area contributed by atoms with Gasteiger partial charge in [0.15, 0.2) is 0 Å². The van der Waals surface area contributed by atoms with Crippen molar-refractivity contribution >= 4 is 12.3 Å². The number of hydrazone groups is 1. The maximum Gasteiger partial charge on any atom is 0.227 e. The lowest BCUT2D eigenvalue weighted by molar-refractivity contribution is -0.109. The molecule has 0 aliphatic rings. The van der Waals surface area contributed by atoms with Crippen molar-refractivity contribution in [2.75, 3.05) is 6.61 Å². The minimum atomic E-state index is 0.510. The molecule has 0 heterocycles. The first kappa shape index (κ1) is 11.2. The van der Waals surface area contributed by atoms with Gasteiger partial charge in [-0.05, 0) is 12.5 Å². The summed E-state index contributed by atoms with van der Waals surface area (Å²) in [5.41, 5.74) is 3.33. The molecule has 1 amide bonds. The van der Waals surface area contributed by atoms with Gasteiger partial charge < -0.3 is 4.74 Å². The first-order valence-corrected chi connectivity index (χ1v) is 4.79. The number of hydrogen-bond acceptors (Lipinski definition) is 3. The number of carbonyl (C=O) groups excluding carboxylic acids is 1. The van der Waals surface area contributed by atoms with Crippen LogP contribution in [0, 0.1) is 0 Å². The van der Waals surface area contributed by atoms with Crippen LogP contribution < -0.4 is 5.43 Å². The number of rotatable bonds is 5. The molecule has 0 fully saturated rings. The van der Waals surface area contributed by atoms with Gasteiger partial charge in [0.2, 0.25) is 12.3 Å². The van der Waals surface area contributed by atoms with Crippen LogP contribution in [-0.4, -0.2) is 18.9 Å². The summed E-state index contributed by atoms with van der Waals surface area (Å²) in [5, 5.41) is 3.80. The Morgan fingerprint density at radius 3 is 2.80 bits per heavy atom. The number of carbonyl (C=O) groups is 1. The molecule has 0 bridgehead atoms. The van der Waals surface area contributed by atoms with Crippen molar-refractivity contribution in [2.45, 2.75) is 13.3 Å². The molecule has 0 atom stereocenters. The fourth-order valence-corrected chi connectivity index (χ4v) is 1.16. The van der Waals surface area contributed by atoms with Crippen molar-refractivity contribution in [3.05, 3.63) is 35.9 Å². The largest absolute Gasteiger partial charge is 0.480 e. The van der Waals surface area contributed by atoms with E-state index in [1.807, 2.05) is 37.3 Å². The maximum absolute atomic E-state index is 10.1. The summed E-state index contributed by atoms with van der Waals surface area (Å²) in [6.07, 6.45) is 1.10. The highest BCUT2D eigenvalue weighted by Gasteiger charge is 2.01. The molecule has 80 valence electrons. The SMILES string of the molecule is CCO/C(Cc1ccccc1)=N\NC=O. The van der Waals surface area contributed by atoms with Crippen LogP contribution >= 0.6 is 0 Å². The summed E-state index contributed by atoms with van der Waals surface area (Å²) in [7, 11) is 0. The van der Waals surface area contributed by atoms with Crippen LogP contribution in [0.4, 0.5) is 0 Å². The predicted molar refractivity (Wildman–Crippen MR) is 58.4 cm³/mol. The third-order valence-corrected chi connectivity index (χ3v) is 1.75. The van der Waals surface area contributed by atoms with E-state index in [0.717, 1.165) is 5.56 Å². The Morgan fingerprint density at radius 1 is 1.47 bits per heavy atom. The smallest absolute Gasteiger partial charge is 0.227 e.